The molecule has 1 aromatic heterocycles. The van der Waals surface area contributed by atoms with E-state index in [1.54, 1.807) is 19.1 Å². The van der Waals surface area contributed by atoms with Gasteiger partial charge in [0.05, 0.1) is 23.6 Å². The smallest absolute Gasteiger partial charge is 0.170 e. The van der Waals surface area contributed by atoms with Crippen LogP contribution in [0.4, 0.5) is 10.1 Å². The number of halogens is 1. The summed E-state index contributed by atoms with van der Waals surface area (Å²) in [6.07, 6.45) is 2.88. The summed E-state index contributed by atoms with van der Waals surface area (Å²) in [5, 5.41) is 8.23. The minimum atomic E-state index is -0.306. The van der Waals surface area contributed by atoms with Gasteiger partial charge in [0, 0.05) is 31.0 Å². The number of nitrogens with zero attached hydrogens (tertiary/aromatic N) is 2. The van der Waals surface area contributed by atoms with Crippen LogP contribution >= 0.6 is 0 Å². The fraction of sp³-hybridized carbons (Fsp3) is 0.417. The maximum Gasteiger partial charge on any atom is 0.170 e. The van der Waals surface area contributed by atoms with Gasteiger partial charge < -0.3 is 19.5 Å². The number of Topliss-reactive ketones (excluding diaryl/α,β-unsaturated/α-hetero) is 1. The van der Waals surface area contributed by atoms with Crippen molar-refractivity contribution in [3.8, 4) is 5.75 Å². The summed E-state index contributed by atoms with van der Waals surface area (Å²) in [7, 11) is 1.82. The van der Waals surface area contributed by atoms with Crippen molar-refractivity contribution in [2.24, 2.45) is 0 Å². The average Bonchev–Trinajstić information content (AvgIpc) is 3.19. The molecule has 0 unspecified atom stereocenters. The van der Waals surface area contributed by atoms with Crippen molar-refractivity contribution in [3.05, 3.63) is 53.5 Å². The molecule has 4 rings (SSSR count). The van der Waals surface area contributed by atoms with Gasteiger partial charge in [-0.3, -0.25) is 4.79 Å². The molecule has 1 N–H and O–H groups in total. The van der Waals surface area contributed by atoms with Gasteiger partial charge in [0.25, 0.3) is 0 Å². The number of hydrogen-bond donors (Lipinski definition) is 1. The van der Waals surface area contributed by atoms with Gasteiger partial charge >= 0.3 is 0 Å². The van der Waals surface area contributed by atoms with E-state index >= 15 is 0 Å². The number of ketones is 1. The Morgan fingerprint density at radius 2 is 2.10 bits per heavy atom. The molecular formula is C24H28FN3O3. The van der Waals surface area contributed by atoms with E-state index in [4.69, 9.17) is 9.26 Å². The Bertz CT molecular complexity index is 1060. The molecule has 1 fully saturated rings. The molecule has 2 aromatic carbocycles. The van der Waals surface area contributed by atoms with E-state index in [2.05, 4.69) is 15.4 Å². The van der Waals surface area contributed by atoms with Crippen LogP contribution in [0.3, 0.4) is 0 Å². The number of likely N-dealkylation sites (tertiary alicyclic amines) is 1. The van der Waals surface area contributed by atoms with Crippen LogP contribution < -0.4 is 10.1 Å². The number of fused-ring (bicyclic) bond motifs is 1. The first-order chi connectivity index (χ1) is 15.1. The minimum Gasteiger partial charge on any atom is -0.491 e. The molecule has 31 heavy (non-hydrogen) atoms. The van der Waals surface area contributed by atoms with Gasteiger partial charge in [0.1, 0.15) is 5.82 Å². The second-order valence-electron chi connectivity index (χ2n) is 8.01. The van der Waals surface area contributed by atoms with Gasteiger partial charge in [-0.1, -0.05) is 11.2 Å². The second-order valence-corrected chi connectivity index (χ2v) is 8.01. The summed E-state index contributed by atoms with van der Waals surface area (Å²) in [6.45, 7) is 5.01. The molecule has 6 nitrogen and oxygen atoms in total. The lowest BCUT2D eigenvalue weighted by molar-refractivity contribution is 0.101. The van der Waals surface area contributed by atoms with Crippen molar-refractivity contribution < 1.29 is 18.4 Å². The van der Waals surface area contributed by atoms with Crippen LogP contribution in [0.2, 0.25) is 0 Å². The van der Waals surface area contributed by atoms with E-state index < -0.39 is 0 Å². The Hall–Kier alpha value is -2.93. The van der Waals surface area contributed by atoms with Crippen LogP contribution in [-0.4, -0.2) is 49.1 Å². The Morgan fingerprint density at radius 3 is 2.84 bits per heavy atom. The van der Waals surface area contributed by atoms with E-state index in [9.17, 15) is 9.18 Å². The summed E-state index contributed by atoms with van der Waals surface area (Å²) >= 11 is 0. The van der Waals surface area contributed by atoms with Crippen molar-refractivity contribution in [1.29, 1.82) is 0 Å². The van der Waals surface area contributed by atoms with Crippen LogP contribution in [0.15, 0.2) is 40.9 Å². The maximum atomic E-state index is 13.4. The third-order valence-electron chi connectivity index (χ3n) is 5.96. The number of ether oxygens (including phenoxy) is 1. The van der Waals surface area contributed by atoms with E-state index in [-0.39, 0.29) is 11.6 Å². The zero-order valence-corrected chi connectivity index (χ0v) is 18.0. The molecule has 2 heterocycles. The zero-order valence-electron chi connectivity index (χ0n) is 18.0. The molecule has 0 spiro atoms. The summed E-state index contributed by atoms with van der Waals surface area (Å²) < 4.78 is 24.7. The van der Waals surface area contributed by atoms with E-state index in [1.165, 1.54) is 12.1 Å². The number of nitrogens with one attached hydrogen (secondary N) is 1. The normalized spacial score (nSPS) is 15.3. The average molecular weight is 426 g/mol. The first kappa shape index (κ1) is 21.3. The van der Waals surface area contributed by atoms with Gasteiger partial charge in [0.15, 0.2) is 17.1 Å². The first-order valence-corrected chi connectivity index (χ1v) is 10.8. The third-order valence-corrected chi connectivity index (χ3v) is 5.96. The Kier molecular flexibility index (Phi) is 6.51. The molecule has 0 saturated carbocycles. The van der Waals surface area contributed by atoms with Gasteiger partial charge in [-0.2, -0.15) is 0 Å². The van der Waals surface area contributed by atoms with Crippen molar-refractivity contribution in [1.82, 2.24) is 10.1 Å². The quantitative estimate of drug-likeness (QED) is 0.411. The number of rotatable bonds is 8. The van der Waals surface area contributed by atoms with E-state index in [1.807, 2.05) is 19.2 Å². The third kappa shape index (κ3) is 4.71. The Balaban J connectivity index is 1.27. The largest absolute Gasteiger partial charge is 0.491 e. The highest BCUT2D eigenvalue weighted by molar-refractivity contribution is 5.98. The molecule has 1 saturated heterocycles. The fourth-order valence-electron chi connectivity index (χ4n) is 4.28. The highest BCUT2D eigenvalue weighted by Gasteiger charge is 2.25. The maximum absolute atomic E-state index is 13.4. The molecule has 3 aromatic rings. The lowest BCUT2D eigenvalue weighted by Crippen LogP contribution is -2.34. The highest BCUT2D eigenvalue weighted by Crippen LogP contribution is 2.33. The number of anilines is 1. The number of aromatic nitrogens is 1. The molecule has 0 amide bonds. The van der Waals surface area contributed by atoms with Crippen LogP contribution in [0.1, 0.15) is 48.2 Å². The molecule has 0 bridgehead atoms. The lowest BCUT2D eigenvalue weighted by Gasteiger charge is -2.31. The molecule has 7 heteroatoms. The number of carbonyl (C=O) groups excluding carboxylic acids is 1. The van der Waals surface area contributed by atoms with Crippen molar-refractivity contribution in [2.45, 2.75) is 32.1 Å². The summed E-state index contributed by atoms with van der Waals surface area (Å²) in [4.78, 5) is 14.3. The SMILES string of the molecule is CNc1cccc(C(C)=O)c1OCCCN1CCC(c2noc3cc(F)ccc23)CC1. The van der Waals surface area contributed by atoms with Gasteiger partial charge in [-0.05, 0) is 63.5 Å². The van der Waals surface area contributed by atoms with Gasteiger partial charge in [-0.25, -0.2) is 4.39 Å². The van der Waals surface area contributed by atoms with Crippen LogP contribution in [0.25, 0.3) is 11.0 Å². The number of benzene rings is 2. The van der Waals surface area contributed by atoms with E-state index in [0.717, 1.165) is 55.7 Å². The molecule has 1 aliphatic rings. The van der Waals surface area contributed by atoms with Crippen molar-refractivity contribution in [3.63, 3.8) is 0 Å². The predicted octanol–water partition coefficient (Wildman–Crippen LogP) is 4.86. The number of carbonyl (C=O) groups is 1. The molecule has 0 radical (unpaired) electrons. The van der Waals surface area contributed by atoms with Crippen LogP contribution in [0.5, 0.6) is 5.75 Å². The monoisotopic (exact) mass is 425 g/mol. The molecule has 1 aliphatic heterocycles. The second kappa shape index (κ2) is 9.47. The fourth-order valence-corrected chi connectivity index (χ4v) is 4.28. The standard InChI is InChI=1S/C24H28FN3O3/c1-16(29)19-5-3-6-21(26-2)24(19)30-14-4-11-28-12-9-17(10-13-28)23-20-8-7-18(25)15-22(20)31-27-23/h3,5-8,15,17,26H,4,9-14H2,1-2H3. The molecule has 164 valence electrons. The first-order valence-electron chi connectivity index (χ1n) is 10.8. The summed E-state index contributed by atoms with van der Waals surface area (Å²) in [5.41, 5.74) is 2.89. The Labute approximate surface area is 181 Å². The predicted molar refractivity (Wildman–Crippen MR) is 118 cm³/mol. The van der Waals surface area contributed by atoms with Gasteiger partial charge in [0.2, 0.25) is 0 Å². The highest BCUT2D eigenvalue weighted by atomic mass is 19.1. The van der Waals surface area contributed by atoms with E-state index in [0.29, 0.717) is 29.4 Å². The zero-order chi connectivity index (χ0) is 21.8. The Morgan fingerprint density at radius 1 is 1.29 bits per heavy atom. The summed E-state index contributed by atoms with van der Waals surface area (Å²) in [6, 6.07) is 10.2. The van der Waals surface area contributed by atoms with Gasteiger partial charge in [-0.15, -0.1) is 0 Å². The lowest BCUT2D eigenvalue weighted by atomic mass is 9.91. The number of piperidine rings is 1. The molecule has 0 atom stereocenters. The van der Waals surface area contributed by atoms with Crippen LogP contribution in [0, 0.1) is 5.82 Å². The van der Waals surface area contributed by atoms with Crippen LogP contribution in [-0.2, 0) is 0 Å². The number of hydrogen-bond acceptors (Lipinski definition) is 6. The number of para-hydroxylation sites is 1. The molecule has 0 aliphatic carbocycles. The minimum absolute atomic E-state index is 0.00251. The summed E-state index contributed by atoms with van der Waals surface area (Å²) in [5.74, 6) is 0.655. The topological polar surface area (TPSA) is 67.6 Å². The van der Waals surface area contributed by atoms with Crippen molar-refractivity contribution >= 4 is 22.4 Å². The van der Waals surface area contributed by atoms with Crippen molar-refractivity contribution in [2.75, 3.05) is 38.6 Å². The molecular weight excluding hydrogens is 397 g/mol.